The zero-order valence-corrected chi connectivity index (χ0v) is 13.0. The lowest BCUT2D eigenvalue weighted by Gasteiger charge is -2.18. The molecule has 18 heavy (non-hydrogen) atoms. The van der Waals surface area contributed by atoms with Gasteiger partial charge in [0.2, 0.25) is 0 Å². The van der Waals surface area contributed by atoms with E-state index in [4.69, 9.17) is 5.73 Å². The topological polar surface area (TPSA) is 60.2 Å². The summed E-state index contributed by atoms with van der Waals surface area (Å²) in [4.78, 5) is 1.06. The lowest BCUT2D eigenvalue weighted by atomic mass is 10.2. The maximum Gasteiger partial charge on any atom is 0.156 e. The minimum absolute atomic E-state index is 0.199. The third-order valence-electron chi connectivity index (χ3n) is 2.80. The summed E-state index contributed by atoms with van der Waals surface area (Å²) in [5.74, 6) is 0.771. The minimum Gasteiger partial charge on any atom is -0.399 e. The van der Waals surface area contributed by atoms with Gasteiger partial charge in [-0.15, -0.1) is 11.8 Å². The standard InChI is InChI=1S/C13H21NO2S2/c1-10-9-11(5-6-12(10)14)17-7-8-18(15,16)13(2,3)4/h5-6,9H,7-8,14H2,1-4H3. The molecule has 0 saturated heterocycles. The van der Waals surface area contributed by atoms with E-state index >= 15 is 0 Å². The van der Waals surface area contributed by atoms with Gasteiger partial charge in [-0.3, -0.25) is 0 Å². The third kappa shape index (κ3) is 3.92. The highest BCUT2D eigenvalue weighted by Gasteiger charge is 2.28. The first kappa shape index (κ1) is 15.4. The number of nitrogens with two attached hydrogens (primary N) is 1. The van der Waals surface area contributed by atoms with Crippen molar-refractivity contribution < 1.29 is 8.42 Å². The number of hydrogen-bond acceptors (Lipinski definition) is 4. The molecular formula is C13H21NO2S2. The van der Waals surface area contributed by atoms with Crippen LogP contribution in [0.5, 0.6) is 0 Å². The second-order valence-electron chi connectivity index (χ2n) is 5.30. The van der Waals surface area contributed by atoms with Gasteiger partial charge in [-0.25, -0.2) is 8.42 Å². The van der Waals surface area contributed by atoms with Gasteiger partial charge >= 0.3 is 0 Å². The molecule has 2 N–H and O–H groups in total. The summed E-state index contributed by atoms with van der Waals surface area (Å²) in [5.41, 5.74) is 7.53. The third-order valence-corrected chi connectivity index (χ3v) is 6.66. The van der Waals surface area contributed by atoms with Gasteiger partial charge in [0.25, 0.3) is 0 Å². The monoisotopic (exact) mass is 287 g/mol. The average Bonchev–Trinajstić information content (AvgIpc) is 2.21. The van der Waals surface area contributed by atoms with E-state index in [9.17, 15) is 8.42 Å². The van der Waals surface area contributed by atoms with E-state index in [-0.39, 0.29) is 5.75 Å². The minimum atomic E-state index is -3.03. The van der Waals surface area contributed by atoms with Gasteiger partial charge in [0, 0.05) is 16.3 Å². The number of rotatable bonds is 4. The van der Waals surface area contributed by atoms with Gasteiger partial charge in [0.15, 0.2) is 9.84 Å². The summed E-state index contributed by atoms with van der Waals surface area (Å²) in [6.45, 7) is 7.16. The fourth-order valence-electron chi connectivity index (χ4n) is 1.31. The van der Waals surface area contributed by atoms with Crippen LogP contribution in [-0.4, -0.2) is 24.7 Å². The maximum absolute atomic E-state index is 11.9. The van der Waals surface area contributed by atoms with E-state index in [1.807, 2.05) is 25.1 Å². The first-order valence-electron chi connectivity index (χ1n) is 5.85. The molecular weight excluding hydrogens is 266 g/mol. The molecule has 0 aliphatic carbocycles. The molecule has 3 nitrogen and oxygen atoms in total. The number of hydrogen-bond donors (Lipinski definition) is 1. The number of sulfone groups is 1. The molecule has 0 amide bonds. The molecule has 0 aromatic heterocycles. The quantitative estimate of drug-likeness (QED) is 0.683. The molecule has 0 saturated carbocycles. The molecule has 0 spiro atoms. The largest absolute Gasteiger partial charge is 0.399 e. The molecule has 0 bridgehead atoms. The molecule has 0 atom stereocenters. The summed E-state index contributed by atoms with van der Waals surface area (Å²) in [7, 11) is -3.03. The Labute approximate surface area is 114 Å². The van der Waals surface area contributed by atoms with Crippen LogP contribution in [0.25, 0.3) is 0 Å². The Hall–Kier alpha value is -0.680. The van der Waals surface area contributed by atoms with Crippen molar-refractivity contribution in [2.75, 3.05) is 17.2 Å². The smallest absolute Gasteiger partial charge is 0.156 e. The lowest BCUT2D eigenvalue weighted by molar-refractivity contribution is 0.562. The molecule has 0 fully saturated rings. The Morgan fingerprint density at radius 3 is 2.39 bits per heavy atom. The Balaban J connectivity index is 2.60. The molecule has 0 unspecified atom stereocenters. The second kappa shape index (κ2) is 5.53. The second-order valence-corrected chi connectivity index (χ2v) is 9.33. The summed E-state index contributed by atoms with van der Waals surface area (Å²) >= 11 is 1.55. The summed E-state index contributed by atoms with van der Waals surface area (Å²) < 4.78 is 23.2. The molecule has 0 aliphatic heterocycles. The number of thioether (sulfide) groups is 1. The van der Waals surface area contributed by atoms with Crippen molar-refractivity contribution in [2.45, 2.75) is 37.3 Å². The maximum atomic E-state index is 11.9. The van der Waals surface area contributed by atoms with Gasteiger partial charge in [0.05, 0.1) is 10.5 Å². The zero-order chi connectivity index (χ0) is 14.0. The predicted molar refractivity (Wildman–Crippen MR) is 79.9 cm³/mol. The highest BCUT2D eigenvalue weighted by molar-refractivity contribution is 8.01. The van der Waals surface area contributed by atoms with Crippen molar-refractivity contribution in [3.63, 3.8) is 0 Å². The lowest BCUT2D eigenvalue weighted by Crippen LogP contribution is -2.31. The molecule has 1 rings (SSSR count). The average molecular weight is 287 g/mol. The first-order chi connectivity index (χ1) is 8.13. The van der Waals surface area contributed by atoms with E-state index in [0.717, 1.165) is 16.1 Å². The molecule has 0 aliphatic rings. The number of aryl methyl sites for hydroxylation is 1. The molecule has 0 radical (unpaired) electrons. The van der Waals surface area contributed by atoms with Crippen LogP contribution >= 0.6 is 11.8 Å². The predicted octanol–water partition coefficient (Wildman–Crippen LogP) is 2.88. The van der Waals surface area contributed by atoms with Crippen LogP contribution in [0.1, 0.15) is 26.3 Å². The van der Waals surface area contributed by atoms with Crippen LogP contribution in [0.15, 0.2) is 23.1 Å². The van der Waals surface area contributed by atoms with Crippen LogP contribution in [0.2, 0.25) is 0 Å². The van der Waals surface area contributed by atoms with Gasteiger partial charge < -0.3 is 5.73 Å². The summed E-state index contributed by atoms with van der Waals surface area (Å²) in [6.07, 6.45) is 0. The Bertz CT molecular complexity index is 516. The molecule has 102 valence electrons. The number of anilines is 1. The zero-order valence-electron chi connectivity index (χ0n) is 11.4. The Morgan fingerprint density at radius 1 is 1.28 bits per heavy atom. The SMILES string of the molecule is Cc1cc(SCCS(=O)(=O)C(C)(C)C)ccc1N. The Kier molecular flexibility index (Phi) is 4.72. The van der Waals surface area contributed by atoms with Gasteiger partial charge in [-0.2, -0.15) is 0 Å². The van der Waals surface area contributed by atoms with Crippen molar-refractivity contribution in [2.24, 2.45) is 0 Å². The van der Waals surface area contributed by atoms with Crippen molar-refractivity contribution in [1.29, 1.82) is 0 Å². The summed E-state index contributed by atoms with van der Waals surface area (Å²) in [6, 6.07) is 5.77. The first-order valence-corrected chi connectivity index (χ1v) is 8.48. The molecule has 0 heterocycles. The molecule has 1 aromatic rings. The normalized spacial score (nSPS) is 12.7. The number of nitrogen functional groups attached to an aromatic ring is 1. The van der Waals surface area contributed by atoms with E-state index < -0.39 is 14.6 Å². The van der Waals surface area contributed by atoms with E-state index in [1.54, 1.807) is 32.5 Å². The van der Waals surface area contributed by atoms with Gasteiger partial charge in [-0.05, 0) is 51.5 Å². The van der Waals surface area contributed by atoms with Crippen molar-refractivity contribution in [1.82, 2.24) is 0 Å². The van der Waals surface area contributed by atoms with Gasteiger partial charge in [-0.1, -0.05) is 0 Å². The van der Waals surface area contributed by atoms with Crippen LogP contribution in [-0.2, 0) is 9.84 Å². The van der Waals surface area contributed by atoms with Crippen LogP contribution in [0.4, 0.5) is 5.69 Å². The van der Waals surface area contributed by atoms with Crippen molar-refractivity contribution in [3.05, 3.63) is 23.8 Å². The fraction of sp³-hybridized carbons (Fsp3) is 0.538. The highest BCUT2D eigenvalue weighted by Crippen LogP contribution is 2.24. The summed E-state index contributed by atoms with van der Waals surface area (Å²) in [5, 5.41) is 0. The van der Waals surface area contributed by atoms with Crippen molar-refractivity contribution in [3.8, 4) is 0 Å². The van der Waals surface area contributed by atoms with E-state index in [1.165, 1.54) is 0 Å². The molecule has 1 aromatic carbocycles. The van der Waals surface area contributed by atoms with Crippen LogP contribution in [0, 0.1) is 6.92 Å². The highest BCUT2D eigenvalue weighted by atomic mass is 32.2. The van der Waals surface area contributed by atoms with Crippen molar-refractivity contribution >= 4 is 27.3 Å². The fourth-order valence-corrected chi connectivity index (χ4v) is 3.80. The van der Waals surface area contributed by atoms with Crippen LogP contribution < -0.4 is 5.73 Å². The Morgan fingerprint density at radius 2 is 1.89 bits per heavy atom. The van der Waals surface area contributed by atoms with E-state index in [2.05, 4.69) is 0 Å². The van der Waals surface area contributed by atoms with Gasteiger partial charge in [0.1, 0.15) is 0 Å². The molecule has 5 heteroatoms. The number of benzene rings is 1. The van der Waals surface area contributed by atoms with E-state index in [0.29, 0.717) is 5.75 Å². The van der Waals surface area contributed by atoms with Crippen LogP contribution in [0.3, 0.4) is 0 Å².